The molecule has 0 atom stereocenters. The second-order valence-corrected chi connectivity index (χ2v) is 7.08. The van der Waals surface area contributed by atoms with Gasteiger partial charge in [-0.2, -0.15) is 0 Å². The van der Waals surface area contributed by atoms with Crippen molar-refractivity contribution in [3.63, 3.8) is 0 Å². The summed E-state index contributed by atoms with van der Waals surface area (Å²) >= 11 is 8.76. The fourth-order valence-electron chi connectivity index (χ4n) is 2.74. The third kappa shape index (κ3) is 4.23. The zero-order valence-electron chi connectivity index (χ0n) is 15.0. The van der Waals surface area contributed by atoms with Crippen LogP contribution in [0, 0.1) is 13.8 Å². The summed E-state index contributed by atoms with van der Waals surface area (Å²) < 4.78 is 6.15. The molecule has 0 saturated carbocycles. The van der Waals surface area contributed by atoms with Crippen LogP contribution < -0.4 is 15.4 Å². The van der Waals surface area contributed by atoms with Crippen molar-refractivity contribution >= 4 is 55.9 Å². The molecule has 1 heterocycles. The van der Waals surface area contributed by atoms with Gasteiger partial charge in [-0.25, -0.2) is 9.97 Å². The molecule has 0 bridgehead atoms. The first-order valence-electron chi connectivity index (χ1n) is 8.09. The van der Waals surface area contributed by atoms with Crippen LogP contribution in [0.1, 0.15) is 21.7 Å². The Morgan fingerprint density at radius 1 is 1.15 bits per heavy atom. The van der Waals surface area contributed by atoms with Gasteiger partial charge in [-0.1, -0.05) is 24.3 Å². The van der Waals surface area contributed by atoms with Gasteiger partial charge < -0.3 is 10.1 Å². The van der Waals surface area contributed by atoms with Gasteiger partial charge in [0.15, 0.2) is 5.11 Å². The largest absolute Gasteiger partial charge is 0.495 e. The number of benzene rings is 2. The molecule has 6 nitrogen and oxygen atoms in total. The summed E-state index contributed by atoms with van der Waals surface area (Å²) in [7, 11) is 1.52. The van der Waals surface area contributed by atoms with Crippen LogP contribution in [0.25, 0.3) is 10.8 Å². The molecule has 138 valence electrons. The lowest BCUT2D eigenvalue weighted by atomic mass is 10.1. The molecule has 2 aromatic carbocycles. The highest BCUT2D eigenvalue weighted by Crippen LogP contribution is 2.36. The maximum Gasteiger partial charge on any atom is 0.261 e. The zero-order chi connectivity index (χ0) is 19.6. The van der Waals surface area contributed by atoms with Crippen LogP contribution in [0.3, 0.4) is 0 Å². The number of nitrogens with one attached hydrogen (secondary N) is 2. The Bertz CT molecular complexity index is 1040. The third-order valence-electron chi connectivity index (χ3n) is 3.82. The average molecular weight is 445 g/mol. The summed E-state index contributed by atoms with van der Waals surface area (Å²) in [6, 6.07) is 11.3. The number of aryl methyl sites for hydroxylation is 2. The first-order valence-corrected chi connectivity index (χ1v) is 9.29. The summed E-state index contributed by atoms with van der Waals surface area (Å²) in [5.74, 6) is 0.390. The lowest BCUT2D eigenvalue weighted by Gasteiger charge is -2.14. The number of methoxy groups -OCH3 is 1. The van der Waals surface area contributed by atoms with Crippen molar-refractivity contribution in [2.24, 2.45) is 0 Å². The zero-order valence-corrected chi connectivity index (χ0v) is 17.4. The van der Waals surface area contributed by atoms with Crippen LogP contribution in [-0.2, 0) is 0 Å². The number of ether oxygens (including phenoxy) is 1. The van der Waals surface area contributed by atoms with Crippen molar-refractivity contribution in [2.45, 2.75) is 13.8 Å². The predicted octanol–water partition coefficient (Wildman–Crippen LogP) is 4.14. The second-order valence-electron chi connectivity index (χ2n) is 5.88. The van der Waals surface area contributed by atoms with Crippen molar-refractivity contribution in [3.8, 4) is 5.75 Å². The number of fused-ring (bicyclic) bond motifs is 1. The van der Waals surface area contributed by atoms with Crippen LogP contribution in [0.15, 0.2) is 40.9 Å². The van der Waals surface area contributed by atoms with Gasteiger partial charge in [-0.3, -0.25) is 10.1 Å². The van der Waals surface area contributed by atoms with Gasteiger partial charge in [-0.15, -0.1) is 0 Å². The van der Waals surface area contributed by atoms with E-state index in [1.165, 1.54) is 7.11 Å². The monoisotopic (exact) mass is 444 g/mol. The van der Waals surface area contributed by atoms with Crippen LogP contribution in [0.4, 0.5) is 5.95 Å². The second kappa shape index (κ2) is 7.98. The molecular weight excluding hydrogens is 428 g/mol. The van der Waals surface area contributed by atoms with Crippen LogP contribution in [-0.4, -0.2) is 28.1 Å². The Kier molecular flexibility index (Phi) is 5.67. The molecule has 0 aliphatic rings. The summed E-state index contributed by atoms with van der Waals surface area (Å²) in [6.07, 6.45) is 0. The van der Waals surface area contributed by atoms with E-state index in [1.807, 2.05) is 44.2 Å². The molecule has 0 saturated heterocycles. The van der Waals surface area contributed by atoms with E-state index >= 15 is 0 Å². The van der Waals surface area contributed by atoms with Gasteiger partial charge in [0.2, 0.25) is 5.95 Å². The lowest BCUT2D eigenvalue weighted by Crippen LogP contribution is -2.35. The number of anilines is 1. The lowest BCUT2D eigenvalue weighted by molar-refractivity contribution is 0.0975. The fourth-order valence-corrected chi connectivity index (χ4v) is 3.66. The summed E-state index contributed by atoms with van der Waals surface area (Å²) in [6.45, 7) is 3.72. The van der Waals surface area contributed by atoms with E-state index in [0.717, 1.165) is 22.2 Å². The van der Waals surface area contributed by atoms with E-state index in [0.29, 0.717) is 21.7 Å². The van der Waals surface area contributed by atoms with E-state index < -0.39 is 0 Å². The van der Waals surface area contributed by atoms with E-state index in [-0.39, 0.29) is 11.0 Å². The number of nitrogens with zero attached hydrogens (tertiary/aromatic N) is 2. The summed E-state index contributed by atoms with van der Waals surface area (Å²) in [4.78, 5) is 21.3. The number of carbonyl (C=O) groups is 1. The fraction of sp³-hybridized carbons (Fsp3) is 0.158. The standard InChI is InChI=1S/C19H17BrN4O2S/c1-10-8-11(2)22-18(21-10)24-19(27)23-17(25)14-9-12-6-4-5-7-13(12)15(20)16(14)26-3/h4-9H,1-3H3,(H2,21,22,23,24,25,27). The number of carbonyl (C=O) groups excluding carboxylic acids is 1. The Labute approximate surface area is 170 Å². The molecule has 2 N–H and O–H groups in total. The van der Waals surface area contributed by atoms with Gasteiger partial charge in [0.25, 0.3) is 5.91 Å². The van der Waals surface area contributed by atoms with E-state index in [9.17, 15) is 4.79 Å². The highest BCUT2D eigenvalue weighted by Gasteiger charge is 2.19. The normalized spacial score (nSPS) is 10.5. The van der Waals surface area contributed by atoms with Gasteiger partial charge in [-0.05, 0) is 64.9 Å². The highest BCUT2D eigenvalue weighted by atomic mass is 79.9. The molecule has 0 unspecified atom stereocenters. The number of hydrogen-bond donors (Lipinski definition) is 2. The highest BCUT2D eigenvalue weighted by molar-refractivity contribution is 9.10. The maximum atomic E-state index is 12.8. The number of hydrogen-bond acceptors (Lipinski definition) is 5. The Morgan fingerprint density at radius 2 is 1.81 bits per heavy atom. The molecule has 27 heavy (non-hydrogen) atoms. The van der Waals surface area contributed by atoms with Gasteiger partial charge in [0, 0.05) is 11.4 Å². The van der Waals surface area contributed by atoms with Crippen molar-refractivity contribution in [1.82, 2.24) is 15.3 Å². The van der Waals surface area contributed by atoms with Crippen molar-refractivity contribution < 1.29 is 9.53 Å². The molecule has 8 heteroatoms. The molecule has 3 aromatic rings. The Balaban J connectivity index is 1.86. The molecule has 0 aliphatic carbocycles. The first kappa shape index (κ1) is 19.2. The number of amides is 1. The average Bonchev–Trinajstić information content (AvgIpc) is 2.60. The Hall–Kier alpha value is -2.58. The summed E-state index contributed by atoms with van der Waals surface area (Å²) in [5.41, 5.74) is 1.98. The van der Waals surface area contributed by atoms with E-state index in [2.05, 4.69) is 36.5 Å². The van der Waals surface area contributed by atoms with Gasteiger partial charge >= 0.3 is 0 Å². The Morgan fingerprint density at radius 3 is 2.48 bits per heavy atom. The number of halogens is 1. The number of rotatable bonds is 3. The predicted molar refractivity (Wildman–Crippen MR) is 113 cm³/mol. The van der Waals surface area contributed by atoms with E-state index in [1.54, 1.807) is 6.07 Å². The molecular formula is C19H17BrN4O2S. The van der Waals surface area contributed by atoms with Crippen molar-refractivity contribution in [2.75, 3.05) is 12.4 Å². The SMILES string of the molecule is COc1c(C(=O)NC(=S)Nc2nc(C)cc(C)n2)cc2ccccc2c1Br. The smallest absolute Gasteiger partial charge is 0.261 e. The van der Waals surface area contributed by atoms with Gasteiger partial charge in [0.1, 0.15) is 5.75 Å². The minimum absolute atomic E-state index is 0.108. The number of aromatic nitrogens is 2. The molecule has 0 spiro atoms. The topological polar surface area (TPSA) is 76.1 Å². The number of thiocarbonyl (C=S) groups is 1. The molecule has 0 aliphatic heterocycles. The molecule has 1 aromatic heterocycles. The molecule has 3 rings (SSSR count). The van der Waals surface area contributed by atoms with Crippen molar-refractivity contribution in [3.05, 3.63) is 57.8 Å². The molecule has 0 fully saturated rings. The summed E-state index contributed by atoms with van der Waals surface area (Å²) in [5, 5.41) is 7.46. The van der Waals surface area contributed by atoms with Crippen LogP contribution in [0.5, 0.6) is 5.75 Å². The quantitative estimate of drug-likeness (QED) is 0.591. The minimum Gasteiger partial charge on any atom is -0.495 e. The van der Waals surface area contributed by atoms with Crippen LogP contribution in [0.2, 0.25) is 0 Å². The first-order chi connectivity index (χ1) is 12.9. The third-order valence-corrected chi connectivity index (χ3v) is 4.82. The van der Waals surface area contributed by atoms with Crippen LogP contribution >= 0.6 is 28.1 Å². The van der Waals surface area contributed by atoms with Gasteiger partial charge in [0.05, 0.1) is 17.1 Å². The molecule has 0 radical (unpaired) electrons. The molecule has 1 amide bonds. The van der Waals surface area contributed by atoms with E-state index in [4.69, 9.17) is 17.0 Å². The maximum absolute atomic E-state index is 12.8. The minimum atomic E-state index is -0.389. The van der Waals surface area contributed by atoms with Crippen molar-refractivity contribution in [1.29, 1.82) is 0 Å².